The second-order valence-electron chi connectivity index (χ2n) is 8.22. The summed E-state index contributed by atoms with van der Waals surface area (Å²) in [5.41, 5.74) is 0. The molecule has 7 nitrogen and oxygen atoms in total. The van der Waals surface area contributed by atoms with Crippen LogP contribution in [0, 0.1) is 17.7 Å². The molecule has 1 aliphatic carbocycles. The largest absolute Gasteiger partial charge is 0.488 e. The summed E-state index contributed by atoms with van der Waals surface area (Å²) in [6.07, 6.45) is 8.29. The predicted molar refractivity (Wildman–Crippen MR) is 115 cm³/mol. The fraction of sp³-hybridized carbons (Fsp3) is 0.542. The van der Waals surface area contributed by atoms with E-state index in [4.69, 9.17) is 19.3 Å². The highest BCUT2D eigenvalue weighted by Crippen LogP contribution is 2.37. The first-order valence-corrected chi connectivity index (χ1v) is 11.0. The second-order valence-corrected chi connectivity index (χ2v) is 8.22. The smallest absolute Gasteiger partial charge is 0.303 e. The monoisotopic (exact) mass is 450 g/mol. The van der Waals surface area contributed by atoms with Crippen LogP contribution in [0.1, 0.15) is 32.1 Å². The van der Waals surface area contributed by atoms with Gasteiger partial charge in [0.25, 0.3) is 0 Å². The summed E-state index contributed by atoms with van der Waals surface area (Å²) in [4.78, 5) is 10.6. The van der Waals surface area contributed by atoms with Gasteiger partial charge in [0.2, 0.25) is 5.79 Å². The fourth-order valence-electron chi connectivity index (χ4n) is 4.12. The molecule has 0 radical (unpaired) electrons. The standard InChI is InChI=1S/C24H31FO7/c25-17-7-9-18(10-8-17)30-16-24(31-13-14-32-24)12-11-20-19(21(26)15-22(20)27)5-3-1-2-4-6-23(28)29/h1,3,7-12,19-22,26-27H,2,4-6,13-16H2,(H,28,29)/b3-1-,12-11+/t19-,20-,21-,22-/m1/s1. The molecule has 0 aromatic heterocycles. The van der Waals surface area contributed by atoms with Crippen LogP contribution in [0.5, 0.6) is 5.75 Å². The second kappa shape index (κ2) is 11.6. The summed E-state index contributed by atoms with van der Waals surface area (Å²) >= 11 is 0. The first-order valence-electron chi connectivity index (χ1n) is 11.0. The van der Waals surface area contributed by atoms with Crippen molar-refractivity contribution in [2.24, 2.45) is 11.8 Å². The van der Waals surface area contributed by atoms with Crippen LogP contribution in [0.15, 0.2) is 48.6 Å². The average molecular weight is 451 g/mol. The highest BCUT2D eigenvalue weighted by molar-refractivity contribution is 5.66. The minimum atomic E-state index is -1.11. The Bertz CT molecular complexity index is 786. The van der Waals surface area contributed by atoms with Crippen molar-refractivity contribution in [1.29, 1.82) is 0 Å². The molecule has 0 bridgehead atoms. The number of benzene rings is 1. The van der Waals surface area contributed by atoms with Gasteiger partial charge in [-0.05, 0) is 55.5 Å². The predicted octanol–water partition coefficient (Wildman–Crippen LogP) is 3.06. The molecule has 1 aromatic rings. The number of allylic oxidation sites excluding steroid dienone is 2. The van der Waals surface area contributed by atoms with E-state index in [0.717, 1.165) is 0 Å². The molecule has 3 N–H and O–H groups in total. The lowest BCUT2D eigenvalue weighted by molar-refractivity contribution is -0.139. The molecule has 176 valence electrons. The summed E-state index contributed by atoms with van der Waals surface area (Å²) in [5, 5.41) is 29.6. The number of carboxylic acids is 1. The third kappa shape index (κ3) is 6.87. The first-order chi connectivity index (χ1) is 15.4. The van der Waals surface area contributed by atoms with Crippen LogP contribution in [-0.4, -0.2) is 59.1 Å². The van der Waals surface area contributed by atoms with Gasteiger partial charge in [-0.3, -0.25) is 4.79 Å². The lowest BCUT2D eigenvalue weighted by Gasteiger charge is -2.26. The SMILES string of the molecule is O=C(O)CCC/C=C\C[C@@H]1[C@@H](/C=C/C2(COc3ccc(F)cc3)OCCO2)[C@H](O)C[C@H]1O. The molecule has 0 spiro atoms. The number of carbonyl (C=O) groups is 1. The molecular weight excluding hydrogens is 419 g/mol. The number of rotatable bonds is 11. The molecule has 8 heteroatoms. The quantitative estimate of drug-likeness (QED) is 0.351. The topological polar surface area (TPSA) is 105 Å². The normalized spacial score (nSPS) is 27.5. The van der Waals surface area contributed by atoms with Gasteiger partial charge in [0.1, 0.15) is 18.2 Å². The Morgan fingerprint density at radius 3 is 2.56 bits per heavy atom. The molecule has 2 fully saturated rings. The van der Waals surface area contributed by atoms with E-state index in [1.165, 1.54) is 24.3 Å². The van der Waals surface area contributed by atoms with Gasteiger partial charge in [-0.1, -0.05) is 18.2 Å². The van der Waals surface area contributed by atoms with E-state index in [2.05, 4.69) is 0 Å². The summed E-state index contributed by atoms with van der Waals surface area (Å²) < 4.78 is 30.4. The van der Waals surface area contributed by atoms with Crippen molar-refractivity contribution in [1.82, 2.24) is 0 Å². The number of unbranched alkanes of at least 4 members (excludes halogenated alkanes) is 1. The Morgan fingerprint density at radius 2 is 1.88 bits per heavy atom. The third-order valence-corrected chi connectivity index (χ3v) is 5.85. The van der Waals surface area contributed by atoms with Gasteiger partial charge in [-0.2, -0.15) is 0 Å². The van der Waals surface area contributed by atoms with Crippen LogP contribution < -0.4 is 4.74 Å². The Hall–Kier alpha value is -2.26. The third-order valence-electron chi connectivity index (χ3n) is 5.85. The van der Waals surface area contributed by atoms with E-state index >= 15 is 0 Å². The summed E-state index contributed by atoms with van der Waals surface area (Å²) in [6, 6.07) is 5.67. The number of ether oxygens (including phenoxy) is 3. The number of carboxylic acid groups (broad SMARTS) is 1. The summed E-state index contributed by atoms with van der Waals surface area (Å²) in [6.45, 7) is 0.861. The maximum Gasteiger partial charge on any atom is 0.303 e. The van der Waals surface area contributed by atoms with Crippen molar-refractivity contribution in [3.63, 3.8) is 0 Å². The Balaban J connectivity index is 1.60. The van der Waals surface area contributed by atoms with E-state index in [0.29, 0.717) is 38.2 Å². The molecule has 1 saturated heterocycles. The molecular formula is C24H31FO7. The van der Waals surface area contributed by atoms with Crippen LogP contribution in [0.3, 0.4) is 0 Å². The van der Waals surface area contributed by atoms with Crippen molar-refractivity contribution in [3.8, 4) is 5.75 Å². The van der Waals surface area contributed by atoms with Gasteiger partial charge in [-0.15, -0.1) is 0 Å². The zero-order valence-corrected chi connectivity index (χ0v) is 17.9. The molecule has 1 aliphatic heterocycles. The number of aliphatic carboxylic acids is 1. The van der Waals surface area contributed by atoms with E-state index in [1.54, 1.807) is 6.08 Å². The molecule has 3 rings (SSSR count). The number of aliphatic hydroxyl groups is 2. The zero-order chi connectivity index (χ0) is 23.0. The maximum absolute atomic E-state index is 13.1. The Morgan fingerprint density at radius 1 is 1.16 bits per heavy atom. The van der Waals surface area contributed by atoms with Crippen LogP contribution in [0.4, 0.5) is 4.39 Å². The van der Waals surface area contributed by atoms with Crippen molar-refractivity contribution >= 4 is 5.97 Å². The molecule has 32 heavy (non-hydrogen) atoms. The van der Waals surface area contributed by atoms with Gasteiger partial charge >= 0.3 is 5.97 Å². The van der Waals surface area contributed by atoms with E-state index < -0.39 is 24.0 Å². The highest BCUT2D eigenvalue weighted by Gasteiger charge is 2.41. The van der Waals surface area contributed by atoms with Gasteiger partial charge in [-0.25, -0.2) is 4.39 Å². The summed E-state index contributed by atoms with van der Waals surface area (Å²) in [5.74, 6) is -2.25. The number of hydrogen-bond acceptors (Lipinski definition) is 6. The zero-order valence-electron chi connectivity index (χ0n) is 17.9. The van der Waals surface area contributed by atoms with Gasteiger partial charge < -0.3 is 29.5 Å². The Kier molecular flexibility index (Phi) is 8.81. The molecule has 1 heterocycles. The number of halogens is 1. The lowest BCUT2D eigenvalue weighted by atomic mass is 9.89. The first kappa shape index (κ1) is 24.4. The number of hydrogen-bond donors (Lipinski definition) is 3. The van der Waals surface area contributed by atoms with Crippen molar-refractivity contribution < 1.29 is 38.7 Å². The maximum atomic E-state index is 13.1. The summed E-state index contributed by atoms with van der Waals surface area (Å²) in [7, 11) is 0. The molecule has 2 aliphatic rings. The van der Waals surface area contributed by atoms with Crippen LogP contribution in [0.2, 0.25) is 0 Å². The molecule has 0 amide bonds. The van der Waals surface area contributed by atoms with E-state index in [1.807, 2.05) is 18.2 Å². The van der Waals surface area contributed by atoms with Crippen LogP contribution >= 0.6 is 0 Å². The van der Waals surface area contributed by atoms with Crippen LogP contribution in [0.25, 0.3) is 0 Å². The molecule has 1 saturated carbocycles. The molecule has 4 atom stereocenters. The molecule has 1 aromatic carbocycles. The van der Waals surface area contributed by atoms with Gasteiger partial charge in [0.05, 0.1) is 25.4 Å². The van der Waals surface area contributed by atoms with E-state index in [9.17, 15) is 19.4 Å². The van der Waals surface area contributed by atoms with Crippen molar-refractivity contribution in [2.45, 2.75) is 50.1 Å². The minimum absolute atomic E-state index is 0.0641. The average Bonchev–Trinajstić information content (AvgIpc) is 3.33. The van der Waals surface area contributed by atoms with Crippen LogP contribution in [-0.2, 0) is 14.3 Å². The van der Waals surface area contributed by atoms with Gasteiger partial charge in [0.15, 0.2) is 0 Å². The minimum Gasteiger partial charge on any atom is -0.488 e. The van der Waals surface area contributed by atoms with Gasteiger partial charge in [0, 0.05) is 18.8 Å². The van der Waals surface area contributed by atoms with Crippen molar-refractivity contribution in [2.75, 3.05) is 19.8 Å². The van der Waals surface area contributed by atoms with Crippen molar-refractivity contribution in [3.05, 3.63) is 54.4 Å². The Labute approximate surface area is 187 Å². The lowest BCUT2D eigenvalue weighted by Crippen LogP contribution is -2.35. The molecule has 0 unspecified atom stereocenters. The highest BCUT2D eigenvalue weighted by atomic mass is 19.1. The number of aliphatic hydroxyl groups excluding tert-OH is 2. The van der Waals surface area contributed by atoms with E-state index in [-0.39, 0.29) is 37.1 Å². The fourth-order valence-corrected chi connectivity index (χ4v) is 4.12.